The van der Waals surface area contributed by atoms with E-state index in [1.807, 2.05) is 37.3 Å². The van der Waals surface area contributed by atoms with Gasteiger partial charge in [-0.3, -0.25) is 4.79 Å². The standard InChI is InChI=1S/C19H25NO4S/c1-4-25-14-10-13-15(18(2,3)24)16(21)20(13)19(14,17(22)23)11-12-8-6-5-7-9-12/h5-9,13-15,24H,4,10-11H2,1-3H3,(H,22,23). The molecule has 2 heterocycles. The molecule has 0 aliphatic carbocycles. The van der Waals surface area contributed by atoms with Crippen molar-refractivity contribution in [1.82, 2.24) is 4.90 Å². The van der Waals surface area contributed by atoms with E-state index in [-0.39, 0.29) is 17.2 Å². The van der Waals surface area contributed by atoms with Gasteiger partial charge < -0.3 is 15.1 Å². The first-order valence-corrected chi connectivity index (χ1v) is 9.72. The van der Waals surface area contributed by atoms with Gasteiger partial charge in [0, 0.05) is 17.7 Å². The van der Waals surface area contributed by atoms with Crippen LogP contribution in [0.5, 0.6) is 0 Å². The maximum Gasteiger partial charge on any atom is 0.331 e. The van der Waals surface area contributed by atoms with Gasteiger partial charge in [-0.2, -0.15) is 11.8 Å². The number of carboxylic acid groups (broad SMARTS) is 1. The van der Waals surface area contributed by atoms with E-state index in [0.29, 0.717) is 12.8 Å². The van der Waals surface area contributed by atoms with E-state index in [2.05, 4.69) is 0 Å². The minimum Gasteiger partial charge on any atom is -0.479 e. The normalized spacial score (nSPS) is 31.6. The van der Waals surface area contributed by atoms with Crippen LogP contribution in [0.4, 0.5) is 0 Å². The molecular formula is C19H25NO4S. The van der Waals surface area contributed by atoms with Gasteiger partial charge in [0.1, 0.15) is 0 Å². The summed E-state index contributed by atoms with van der Waals surface area (Å²) >= 11 is 1.60. The van der Waals surface area contributed by atoms with E-state index in [1.54, 1.807) is 30.5 Å². The molecule has 0 bridgehead atoms. The number of fused-ring (bicyclic) bond motifs is 1. The van der Waals surface area contributed by atoms with Crippen molar-refractivity contribution in [2.24, 2.45) is 5.92 Å². The molecular weight excluding hydrogens is 338 g/mol. The maximum atomic E-state index is 12.8. The molecule has 2 fully saturated rings. The number of carboxylic acids is 1. The van der Waals surface area contributed by atoms with Crippen LogP contribution >= 0.6 is 11.8 Å². The predicted octanol–water partition coefficient (Wildman–Crippen LogP) is 2.18. The Kier molecular flexibility index (Phi) is 4.62. The summed E-state index contributed by atoms with van der Waals surface area (Å²) in [4.78, 5) is 26.8. The van der Waals surface area contributed by atoms with Crippen LogP contribution in [-0.2, 0) is 16.0 Å². The van der Waals surface area contributed by atoms with E-state index in [1.165, 1.54) is 0 Å². The number of thioether (sulfide) groups is 1. The van der Waals surface area contributed by atoms with Gasteiger partial charge in [-0.05, 0) is 31.6 Å². The molecule has 0 radical (unpaired) electrons. The summed E-state index contributed by atoms with van der Waals surface area (Å²) in [6.07, 6.45) is 0.902. The van der Waals surface area contributed by atoms with Crippen LogP contribution in [0, 0.1) is 5.92 Å². The number of carbonyl (C=O) groups excluding carboxylic acids is 1. The third-order valence-corrected chi connectivity index (χ3v) is 6.77. The molecule has 0 spiro atoms. The quantitative estimate of drug-likeness (QED) is 0.758. The highest BCUT2D eigenvalue weighted by Crippen LogP contribution is 2.53. The smallest absolute Gasteiger partial charge is 0.331 e. The van der Waals surface area contributed by atoms with Gasteiger partial charge in [0.25, 0.3) is 0 Å². The number of hydrogen-bond donors (Lipinski definition) is 2. The molecule has 25 heavy (non-hydrogen) atoms. The van der Waals surface area contributed by atoms with Gasteiger partial charge in [0.15, 0.2) is 5.54 Å². The number of hydrogen-bond acceptors (Lipinski definition) is 4. The molecule has 3 rings (SSSR count). The first kappa shape index (κ1) is 18.3. The molecule has 1 aromatic carbocycles. The molecule has 6 heteroatoms. The Labute approximate surface area is 152 Å². The van der Waals surface area contributed by atoms with Gasteiger partial charge in [-0.15, -0.1) is 0 Å². The molecule has 5 nitrogen and oxygen atoms in total. The highest BCUT2D eigenvalue weighted by molar-refractivity contribution is 8.00. The topological polar surface area (TPSA) is 77.8 Å². The molecule has 2 saturated heterocycles. The number of benzene rings is 1. The van der Waals surface area contributed by atoms with E-state index >= 15 is 0 Å². The van der Waals surface area contributed by atoms with Crippen LogP contribution in [0.1, 0.15) is 32.8 Å². The van der Waals surface area contributed by atoms with Crippen LogP contribution in [-0.4, -0.2) is 55.2 Å². The van der Waals surface area contributed by atoms with Gasteiger partial charge in [-0.1, -0.05) is 37.3 Å². The highest BCUT2D eigenvalue weighted by atomic mass is 32.2. The van der Waals surface area contributed by atoms with E-state index in [4.69, 9.17) is 0 Å². The number of aliphatic carboxylic acids is 1. The molecule has 0 saturated carbocycles. The lowest BCUT2D eigenvalue weighted by Gasteiger charge is -2.53. The highest BCUT2D eigenvalue weighted by Gasteiger charge is 2.70. The van der Waals surface area contributed by atoms with Gasteiger partial charge in [0.2, 0.25) is 5.91 Å². The third-order valence-electron chi connectivity index (χ3n) is 5.45. The zero-order valence-corrected chi connectivity index (χ0v) is 15.6. The predicted molar refractivity (Wildman–Crippen MR) is 97.5 cm³/mol. The Bertz CT molecular complexity index is 672. The molecule has 2 aliphatic rings. The first-order valence-electron chi connectivity index (χ1n) is 8.68. The van der Waals surface area contributed by atoms with Gasteiger partial charge in [-0.25, -0.2) is 4.79 Å². The Morgan fingerprint density at radius 2 is 2.00 bits per heavy atom. The summed E-state index contributed by atoms with van der Waals surface area (Å²) in [5, 5.41) is 20.4. The first-order chi connectivity index (χ1) is 11.7. The molecule has 2 aliphatic heterocycles. The summed E-state index contributed by atoms with van der Waals surface area (Å²) in [5.74, 6) is -0.928. The monoisotopic (exact) mass is 363 g/mol. The molecule has 2 N–H and O–H groups in total. The molecule has 4 atom stereocenters. The molecule has 136 valence electrons. The van der Waals surface area contributed by atoms with Gasteiger partial charge in [0.05, 0.1) is 11.5 Å². The second-order valence-electron chi connectivity index (χ2n) is 7.48. The maximum absolute atomic E-state index is 12.8. The Morgan fingerprint density at radius 1 is 1.36 bits per heavy atom. The fourth-order valence-corrected chi connectivity index (χ4v) is 5.76. The lowest BCUT2D eigenvalue weighted by molar-refractivity contribution is -0.185. The number of amides is 1. The van der Waals surface area contributed by atoms with E-state index in [9.17, 15) is 19.8 Å². The van der Waals surface area contributed by atoms with Crippen molar-refractivity contribution >= 4 is 23.6 Å². The van der Waals surface area contributed by atoms with Crippen molar-refractivity contribution < 1.29 is 19.8 Å². The number of β-lactam (4-membered cyclic amide) rings is 1. The zero-order chi connectivity index (χ0) is 18.4. The summed E-state index contributed by atoms with van der Waals surface area (Å²) in [7, 11) is 0. The second kappa shape index (κ2) is 6.32. The van der Waals surface area contributed by atoms with Crippen molar-refractivity contribution in [3.8, 4) is 0 Å². The molecule has 1 aromatic rings. The van der Waals surface area contributed by atoms with Crippen molar-refractivity contribution in [1.29, 1.82) is 0 Å². The lowest BCUT2D eigenvalue weighted by atomic mass is 9.75. The van der Waals surface area contributed by atoms with Crippen LogP contribution in [0.3, 0.4) is 0 Å². The number of nitrogens with zero attached hydrogens (tertiary/aromatic N) is 1. The summed E-state index contributed by atoms with van der Waals surface area (Å²) < 4.78 is 0. The fraction of sp³-hybridized carbons (Fsp3) is 0.579. The van der Waals surface area contributed by atoms with Crippen LogP contribution in [0.2, 0.25) is 0 Å². The average Bonchev–Trinajstić information content (AvgIpc) is 2.78. The third kappa shape index (κ3) is 2.75. The number of carbonyl (C=O) groups is 2. The van der Waals surface area contributed by atoms with Crippen LogP contribution in [0.15, 0.2) is 30.3 Å². The minimum atomic E-state index is -1.24. The Balaban J connectivity index is 2.02. The Morgan fingerprint density at radius 3 is 2.52 bits per heavy atom. The number of rotatable bonds is 6. The van der Waals surface area contributed by atoms with Crippen molar-refractivity contribution in [3.63, 3.8) is 0 Å². The molecule has 0 aromatic heterocycles. The van der Waals surface area contributed by atoms with Gasteiger partial charge >= 0.3 is 5.97 Å². The number of aliphatic hydroxyl groups is 1. The SMILES string of the molecule is CCSC1CC2C(C(C)(C)O)C(=O)N2C1(Cc1ccccc1)C(=O)O. The largest absolute Gasteiger partial charge is 0.479 e. The van der Waals surface area contributed by atoms with Crippen molar-refractivity contribution in [2.45, 2.75) is 56.0 Å². The summed E-state index contributed by atoms with van der Waals surface area (Å²) in [5.41, 5.74) is -1.47. The zero-order valence-electron chi connectivity index (χ0n) is 14.8. The van der Waals surface area contributed by atoms with Crippen LogP contribution in [0.25, 0.3) is 0 Å². The summed E-state index contributed by atoms with van der Waals surface area (Å²) in [6.45, 7) is 5.27. The lowest BCUT2D eigenvalue weighted by Crippen LogP contribution is -2.72. The second-order valence-corrected chi connectivity index (χ2v) is 8.96. The van der Waals surface area contributed by atoms with E-state index < -0.39 is 23.0 Å². The van der Waals surface area contributed by atoms with Crippen LogP contribution < -0.4 is 0 Å². The van der Waals surface area contributed by atoms with Crippen molar-refractivity contribution in [2.75, 3.05) is 5.75 Å². The fourth-order valence-electron chi connectivity index (χ4n) is 4.45. The van der Waals surface area contributed by atoms with E-state index in [0.717, 1.165) is 11.3 Å². The minimum absolute atomic E-state index is 0.184. The molecule has 4 unspecified atom stereocenters. The Hall–Kier alpha value is -1.53. The summed E-state index contributed by atoms with van der Waals surface area (Å²) in [6, 6.07) is 9.27. The average molecular weight is 363 g/mol. The molecule has 1 amide bonds. The van der Waals surface area contributed by atoms with Crippen molar-refractivity contribution in [3.05, 3.63) is 35.9 Å².